The van der Waals surface area contributed by atoms with Crippen molar-refractivity contribution in [3.05, 3.63) is 17.5 Å². The van der Waals surface area contributed by atoms with E-state index in [1.807, 2.05) is 0 Å². The molecule has 0 atom stereocenters. The van der Waals surface area contributed by atoms with Crippen LogP contribution in [-0.4, -0.2) is 16.6 Å². The molecule has 74 valence electrons. The highest BCUT2D eigenvalue weighted by atomic mass is 16.1. The Bertz CT molecular complexity index is 413. The molecule has 1 rings (SSSR count). The molecular formula is C9H11N3O2. The maximum atomic E-state index is 11.2. The molecule has 5 heteroatoms. The summed E-state index contributed by atoms with van der Waals surface area (Å²) in [6.45, 7) is 2.64. The van der Waals surface area contributed by atoms with Crippen molar-refractivity contribution < 1.29 is 9.59 Å². The fraction of sp³-hybridized carbons (Fsp3) is 0.222. The average molecular weight is 193 g/mol. The standard InChI is InChI=1S/C9H11N3O2/c1-4(13)7-8(11)6(10)3-12-9(7)5(2)14/h3H,10H2,1-2H3,(H2,11,12). The lowest BCUT2D eigenvalue weighted by Gasteiger charge is -2.08. The third-order valence-corrected chi connectivity index (χ3v) is 1.84. The summed E-state index contributed by atoms with van der Waals surface area (Å²) in [5.74, 6) is -0.616. The quantitative estimate of drug-likeness (QED) is 0.672. The summed E-state index contributed by atoms with van der Waals surface area (Å²) < 4.78 is 0. The van der Waals surface area contributed by atoms with Crippen LogP contribution in [0, 0.1) is 0 Å². The van der Waals surface area contributed by atoms with Gasteiger partial charge in [-0.2, -0.15) is 0 Å². The summed E-state index contributed by atoms with van der Waals surface area (Å²) in [6, 6.07) is 0. The van der Waals surface area contributed by atoms with Crippen molar-refractivity contribution in [1.29, 1.82) is 0 Å². The number of ketones is 2. The fourth-order valence-corrected chi connectivity index (χ4v) is 1.16. The summed E-state index contributed by atoms with van der Waals surface area (Å²) in [5, 5.41) is 0. The van der Waals surface area contributed by atoms with Crippen LogP contribution >= 0.6 is 0 Å². The Morgan fingerprint density at radius 2 is 1.79 bits per heavy atom. The van der Waals surface area contributed by atoms with E-state index in [2.05, 4.69) is 4.98 Å². The molecular weight excluding hydrogens is 182 g/mol. The first-order valence-electron chi connectivity index (χ1n) is 4.01. The van der Waals surface area contributed by atoms with Gasteiger partial charge in [-0.15, -0.1) is 0 Å². The van der Waals surface area contributed by atoms with Gasteiger partial charge in [0.25, 0.3) is 0 Å². The lowest BCUT2D eigenvalue weighted by Crippen LogP contribution is -2.12. The Balaban J connectivity index is 3.53. The van der Waals surface area contributed by atoms with E-state index in [1.165, 1.54) is 20.0 Å². The van der Waals surface area contributed by atoms with Gasteiger partial charge >= 0.3 is 0 Å². The normalized spacial score (nSPS) is 9.86. The monoisotopic (exact) mass is 193 g/mol. The number of aromatic nitrogens is 1. The maximum Gasteiger partial charge on any atom is 0.178 e. The number of nitrogen functional groups attached to an aromatic ring is 2. The molecule has 1 aromatic rings. The molecule has 0 aliphatic rings. The average Bonchev–Trinajstić information content (AvgIpc) is 2.08. The largest absolute Gasteiger partial charge is 0.396 e. The van der Waals surface area contributed by atoms with Gasteiger partial charge in [-0.3, -0.25) is 14.6 Å². The van der Waals surface area contributed by atoms with Gasteiger partial charge in [-0.25, -0.2) is 0 Å². The lowest BCUT2D eigenvalue weighted by atomic mass is 10.0. The third kappa shape index (κ3) is 1.56. The topological polar surface area (TPSA) is 99.1 Å². The van der Waals surface area contributed by atoms with E-state index in [-0.39, 0.29) is 34.2 Å². The zero-order valence-corrected chi connectivity index (χ0v) is 8.00. The summed E-state index contributed by atoms with van der Waals surface area (Å²) in [6.07, 6.45) is 1.28. The molecule has 0 aromatic carbocycles. The Labute approximate surface area is 81.1 Å². The van der Waals surface area contributed by atoms with Gasteiger partial charge in [0.15, 0.2) is 11.6 Å². The van der Waals surface area contributed by atoms with E-state index < -0.39 is 0 Å². The first-order valence-corrected chi connectivity index (χ1v) is 4.01. The van der Waals surface area contributed by atoms with E-state index in [4.69, 9.17) is 11.5 Å². The van der Waals surface area contributed by atoms with E-state index in [1.54, 1.807) is 0 Å². The smallest absolute Gasteiger partial charge is 0.178 e. The number of rotatable bonds is 2. The Kier molecular flexibility index (Phi) is 2.51. The van der Waals surface area contributed by atoms with Crippen LogP contribution in [-0.2, 0) is 0 Å². The minimum Gasteiger partial charge on any atom is -0.396 e. The van der Waals surface area contributed by atoms with Crippen LogP contribution in [0.1, 0.15) is 34.7 Å². The molecule has 4 N–H and O–H groups in total. The van der Waals surface area contributed by atoms with Gasteiger partial charge in [0.05, 0.1) is 23.1 Å². The van der Waals surface area contributed by atoms with Gasteiger partial charge < -0.3 is 11.5 Å². The van der Waals surface area contributed by atoms with Crippen molar-refractivity contribution in [3.63, 3.8) is 0 Å². The molecule has 0 unspecified atom stereocenters. The van der Waals surface area contributed by atoms with Gasteiger partial charge in [-0.1, -0.05) is 0 Å². The third-order valence-electron chi connectivity index (χ3n) is 1.84. The minimum atomic E-state index is -0.312. The number of carbonyl (C=O) groups excluding carboxylic acids is 2. The minimum absolute atomic E-state index is 0.0733. The second kappa shape index (κ2) is 3.45. The van der Waals surface area contributed by atoms with Gasteiger partial charge in [0.2, 0.25) is 0 Å². The second-order valence-corrected chi connectivity index (χ2v) is 2.96. The maximum absolute atomic E-state index is 11.2. The number of nitrogens with zero attached hydrogens (tertiary/aromatic N) is 1. The fourth-order valence-electron chi connectivity index (χ4n) is 1.16. The molecule has 0 bridgehead atoms. The highest BCUT2D eigenvalue weighted by Gasteiger charge is 2.17. The second-order valence-electron chi connectivity index (χ2n) is 2.96. The van der Waals surface area contributed by atoms with Crippen molar-refractivity contribution in [2.75, 3.05) is 11.5 Å². The number of pyridine rings is 1. The van der Waals surface area contributed by atoms with Crippen molar-refractivity contribution in [2.45, 2.75) is 13.8 Å². The van der Waals surface area contributed by atoms with Crippen LogP contribution in [0.15, 0.2) is 6.20 Å². The highest BCUT2D eigenvalue weighted by Crippen LogP contribution is 2.22. The number of anilines is 2. The molecule has 0 amide bonds. The van der Waals surface area contributed by atoms with E-state index in [0.717, 1.165) is 0 Å². The predicted octanol–water partition coefficient (Wildman–Crippen LogP) is 0.651. The van der Waals surface area contributed by atoms with E-state index in [0.29, 0.717) is 0 Å². The van der Waals surface area contributed by atoms with Crippen LogP contribution in [0.2, 0.25) is 0 Å². The number of carbonyl (C=O) groups is 2. The molecule has 0 saturated heterocycles. The molecule has 14 heavy (non-hydrogen) atoms. The van der Waals surface area contributed by atoms with Crippen molar-refractivity contribution in [2.24, 2.45) is 0 Å². The predicted molar refractivity (Wildman–Crippen MR) is 53.1 cm³/mol. The zero-order chi connectivity index (χ0) is 10.9. The summed E-state index contributed by atoms with van der Waals surface area (Å²) in [4.78, 5) is 26.1. The number of nitrogens with two attached hydrogens (primary N) is 2. The summed E-state index contributed by atoms with van der Waals surface area (Å²) >= 11 is 0. The van der Waals surface area contributed by atoms with Crippen LogP contribution in [0.25, 0.3) is 0 Å². The molecule has 0 aliphatic carbocycles. The molecule has 0 fully saturated rings. The molecule has 0 aliphatic heterocycles. The molecule has 1 aromatic heterocycles. The van der Waals surface area contributed by atoms with Crippen molar-refractivity contribution >= 4 is 22.9 Å². The Morgan fingerprint density at radius 1 is 1.21 bits per heavy atom. The van der Waals surface area contributed by atoms with Crippen LogP contribution in [0.5, 0.6) is 0 Å². The van der Waals surface area contributed by atoms with E-state index >= 15 is 0 Å². The number of Topliss-reactive ketones (excluding diaryl/α,β-unsaturated/α-hetero) is 2. The molecule has 0 spiro atoms. The van der Waals surface area contributed by atoms with Crippen molar-refractivity contribution in [1.82, 2.24) is 4.98 Å². The van der Waals surface area contributed by atoms with Crippen LogP contribution in [0.3, 0.4) is 0 Å². The van der Waals surface area contributed by atoms with Crippen LogP contribution < -0.4 is 11.5 Å². The van der Waals surface area contributed by atoms with Gasteiger partial charge in [0, 0.05) is 6.92 Å². The highest BCUT2D eigenvalue weighted by molar-refractivity contribution is 6.10. The lowest BCUT2D eigenvalue weighted by molar-refractivity contribution is 0.0977. The first-order chi connectivity index (χ1) is 6.45. The summed E-state index contributed by atoms with van der Waals surface area (Å²) in [5.41, 5.74) is 11.6. The van der Waals surface area contributed by atoms with E-state index in [9.17, 15) is 9.59 Å². The SMILES string of the molecule is CC(=O)c1ncc(N)c(N)c1C(C)=O. The molecule has 1 heterocycles. The molecule has 0 radical (unpaired) electrons. The summed E-state index contributed by atoms with van der Waals surface area (Å²) in [7, 11) is 0. The molecule has 0 saturated carbocycles. The van der Waals surface area contributed by atoms with Gasteiger partial charge in [-0.05, 0) is 6.92 Å². The van der Waals surface area contributed by atoms with Crippen LogP contribution in [0.4, 0.5) is 11.4 Å². The number of hydrogen-bond acceptors (Lipinski definition) is 5. The molecule has 5 nitrogen and oxygen atoms in total. The number of hydrogen-bond donors (Lipinski definition) is 2. The van der Waals surface area contributed by atoms with Gasteiger partial charge in [0.1, 0.15) is 5.69 Å². The first kappa shape index (κ1) is 10.2. The Morgan fingerprint density at radius 3 is 2.21 bits per heavy atom. The van der Waals surface area contributed by atoms with Crippen molar-refractivity contribution in [3.8, 4) is 0 Å². The Hall–Kier alpha value is -1.91. The zero-order valence-electron chi connectivity index (χ0n) is 8.00.